The second-order valence-corrected chi connectivity index (χ2v) is 7.78. The molecule has 2 aromatic rings. The fourth-order valence-corrected chi connectivity index (χ4v) is 3.60. The number of rotatable bonds is 4. The lowest BCUT2D eigenvalue weighted by molar-refractivity contribution is 0.259. The number of para-hydroxylation sites is 2. The van der Waals surface area contributed by atoms with Crippen molar-refractivity contribution in [3.63, 3.8) is 0 Å². The average Bonchev–Trinajstić information content (AvgIpc) is 2.48. The zero-order valence-corrected chi connectivity index (χ0v) is 14.6. The minimum absolute atomic E-state index is 0.0000113. The van der Waals surface area contributed by atoms with Gasteiger partial charge < -0.3 is 15.2 Å². The highest BCUT2D eigenvalue weighted by molar-refractivity contribution is 7.87. The van der Waals surface area contributed by atoms with E-state index in [1.807, 2.05) is 20.8 Å². The van der Waals surface area contributed by atoms with E-state index in [1.165, 1.54) is 18.2 Å². The molecule has 0 heterocycles. The summed E-state index contributed by atoms with van der Waals surface area (Å²) < 4.78 is 30.7. The van der Waals surface area contributed by atoms with E-state index in [-0.39, 0.29) is 21.7 Å². The first-order valence-electron chi connectivity index (χ1n) is 7.31. The molecule has 7 heteroatoms. The first kappa shape index (κ1) is 17.8. The van der Waals surface area contributed by atoms with Gasteiger partial charge in [0, 0.05) is 0 Å². The quantitative estimate of drug-likeness (QED) is 0.829. The van der Waals surface area contributed by atoms with Crippen molar-refractivity contribution in [3.8, 4) is 5.75 Å². The van der Waals surface area contributed by atoms with Gasteiger partial charge in [-0.2, -0.15) is 8.42 Å². The Morgan fingerprint density at radius 2 is 1.62 bits per heavy atom. The molecular weight excluding hydrogens is 328 g/mol. The molecular formula is C17H20N2O4S. The number of amides is 2. The van der Waals surface area contributed by atoms with E-state index in [4.69, 9.17) is 9.92 Å². The first-order valence-corrected chi connectivity index (χ1v) is 8.71. The molecule has 24 heavy (non-hydrogen) atoms. The van der Waals surface area contributed by atoms with Crippen molar-refractivity contribution in [2.24, 2.45) is 5.73 Å². The van der Waals surface area contributed by atoms with Crippen molar-refractivity contribution in [2.75, 3.05) is 5.32 Å². The van der Waals surface area contributed by atoms with Crippen molar-refractivity contribution < 1.29 is 17.4 Å². The summed E-state index contributed by atoms with van der Waals surface area (Å²) in [6.45, 7) is 5.76. The molecule has 0 aliphatic heterocycles. The third kappa shape index (κ3) is 4.05. The SMILES string of the molecule is CC(C)(C)c1ccccc1S(=O)(=O)Oc1ccccc1NC(N)=O. The summed E-state index contributed by atoms with van der Waals surface area (Å²) in [5.74, 6) is 0.0000113. The van der Waals surface area contributed by atoms with Gasteiger partial charge in [0.15, 0.2) is 5.75 Å². The standard InChI is InChI=1S/C17H20N2O4S/c1-17(2,3)12-8-4-7-11-15(12)24(21,22)23-14-10-6-5-9-13(14)19-16(18)20/h4-11H,1-3H3,(H3,18,19,20). The second-order valence-electron chi connectivity index (χ2n) is 6.27. The number of urea groups is 1. The predicted molar refractivity (Wildman–Crippen MR) is 92.6 cm³/mol. The highest BCUT2D eigenvalue weighted by atomic mass is 32.2. The normalized spacial score (nSPS) is 11.8. The van der Waals surface area contributed by atoms with Crippen LogP contribution in [0.4, 0.5) is 10.5 Å². The number of primary amides is 1. The third-order valence-electron chi connectivity index (χ3n) is 3.31. The van der Waals surface area contributed by atoms with E-state index < -0.39 is 16.1 Å². The second kappa shape index (κ2) is 6.52. The van der Waals surface area contributed by atoms with Gasteiger partial charge in [-0.15, -0.1) is 0 Å². The Hall–Kier alpha value is -2.54. The molecule has 6 nitrogen and oxygen atoms in total. The van der Waals surface area contributed by atoms with Crippen molar-refractivity contribution in [2.45, 2.75) is 31.1 Å². The number of carbonyl (C=O) groups is 1. The van der Waals surface area contributed by atoms with E-state index in [0.717, 1.165) is 0 Å². The summed E-state index contributed by atoms with van der Waals surface area (Å²) >= 11 is 0. The van der Waals surface area contributed by atoms with E-state index >= 15 is 0 Å². The Morgan fingerprint density at radius 3 is 2.25 bits per heavy atom. The molecule has 2 aromatic carbocycles. The highest BCUT2D eigenvalue weighted by Crippen LogP contribution is 2.32. The van der Waals surface area contributed by atoms with Gasteiger partial charge in [-0.05, 0) is 29.2 Å². The van der Waals surface area contributed by atoms with Gasteiger partial charge in [0.05, 0.1) is 5.69 Å². The maximum atomic E-state index is 12.7. The van der Waals surface area contributed by atoms with Crippen LogP contribution in [0.25, 0.3) is 0 Å². The van der Waals surface area contributed by atoms with Gasteiger partial charge in [-0.25, -0.2) is 4.79 Å². The molecule has 2 rings (SSSR count). The fraction of sp³-hybridized carbons (Fsp3) is 0.235. The summed E-state index contributed by atoms with van der Waals surface area (Å²) in [7, 11) is -4.08. The largest absolute Gasteiger partial charge is 0.377 e. The summed E-state index contributed by atoms with van der Waals surface area (Å²) in [5.41, 5.74) is 5.54. The molecule has 0 bridgehead atoms. The topological polar surface area (TPSA) is 98.5 Å². The molecule has 0 saturated heterocycles. The third-order valence-corrected chi connectivity index (χ3v) is 4.60. The number of hydrogen-bond donors (Lipinski definition) is 2. The average molecular weight is 348 g/mol. The van der Waals surface area contributed by atoms with Crippen LogP contribution < -0.4 is 15.2 Å². The first-order chi connectivity index (χ1) is 11.1. The van der Waals surface area contributed by atoms with E-state index in [2.05, 4.69) is 5.32 Å². The number of anilines is 1. The lowest BCUT2D eigenvalue weighted by Gasteiger charge is -2.22. The van der Waals surface area contributed by atoms with Crippen LogP contribution in [0.15, 0.2) is 53.4 Å². The predicted octanol–water partition coefficient (Wildman–Crippen LogP) is 3.24. The van der Waals surface area contributed by atoms with E-state index in [9.17, 15) is 13.2 Å². The molecule has 0 fully saturated rings. The minimum Gasteiger partial charge on any atom is -0.377 e. The van der Waals surface area contributed by atoms with Crippen molar-refractivity contribution in [1.29, 1.82) is 0 Å². The zero-order chi connectivity index (χ0) is 18.0. The molecule has 0 unspecified atom stereocenters. The maximum Gasteiger partial charge on any atom is 0.339 e. The fourth-order valence-electron chi connectivity index (χ4n) is 2.24. The number of carbonyl (C=O) groups excluding carboxylic acids is 1. The summed E-state index contributed by atoms with van der Waals surface area (Å²) in [4.78, 5) is 11.1. The van der Waals surface area contributed by atoms with E-state index in [1.54, 1.807) is 30.3 Å². The van der Waals surface area contributed by atoms with Crippen molar-refractivity contribution in [3.05, 3.63) is 54.1 Å². The van der Waals surface area contributed by atoms with Crippen LogP contribution in [0.5, 0.6) is 5.75 Å². The molecule has 0 aliphatic rings. The van der Waals surface area contributed by atoms with Gasteiger partial charge in [-0.1, -0.05) is 51.1 Å². The molecule has 2 amide bonds. The van der Waals surface area contributed by atoms with E-state index in [0.29, 0.717) is 5.56 Å². The lowest BCUT2D eigenvalue weighted by Crippen LogP contribution is -2.22. The summed E-state index contributed by atoms with van der Waals surface area (Å²) in [6, 6.07) is 12.1. The van der Waals surface area contributed by atoms with Gasteiger partial charge in [0.2, 0.25) is 0 Å². The molecule has 0 radical (unpaired) electrons. The number of hydrogen-bond acceptors (Lipinski definition) is 4. The van der Waals surface area contributed by atoms with Crippen LogP contribution in [0, 0.1) is 0 Å². The van der Waals surface area contributed by atoms with Gasteiger partial charge in [-0.3, -0.25) is 0 Å². The van der Waals surface area contributed by atoms with Crippen LogP contribution in [0.3, 0.4) is 0 Å². The highest BCUT2D eigenvalue weighted by Gasteiger charge is 2.27. The maximum absolute atomic E-state index is 12.7. The zero-order valence-electron chi connectivity index (χ0n) is 13.7. The molecule has 3 N–H and O–H groups in total. The van der Waals surface area contributed by atoms with Crippen LogP contribution in [0.2, 0.25) is 0 Å². The number of nitrogens with one attached hydrogen (secondary N) is 1. The Labute approximate surface area is 141 Å². The van der Waals surface area contributed by atoms with Gasteiger partial charge >= 0.3 is 16.1 Å². The summed E-state index contributed by atoms with van der Waals surface area (Å²) in [6.07, 6.45) is 0. The Bertz CT molecular complexity index is 855. The Morgan fingerprint density at radius 1 is 1.04 bits per heavy atom. The van der Waals surface area contributed by atoms with Gasteiger partial charge in [0.1, 0.15) is 4.90 Å². The van der Waals surface area contributed by atoms with Crippen LogP contribution in [-0.2, 0) is 15.5 Å². The van der Waals surface area contributed by atoms with Crippen LogP contribution in [0.1, 0.15) is 26.3 Å². The number of benzene rings is 2. The molecule has 128 valence electrons. The van der Waals surface area contributed by atoms with Crippen molar-refractivity contribution >= 4 is 21.8 Å². The summed E-state index contributed by atoms with van der Waals surface area (Å²) in [5, 5.41) is 2.34. The van der Waals surface area contributed by atoms with Crippen LogP contribution >= 0.6 is 0 Å². The molecule has 0 aliphatic carbocycles. The van der Waals surface area contributed by atoms with Crippen LogP contribution in [-0.4, -0.2) is 14.4 Å². The lowest BCUT2D eigenvalue weighted by atomic mass is 9.87. The monoisotopic (exact) mass is 348 g/mol. The Balaban J connectivity index is 2.46. The molecule has 0 spiro atoms. The van der Waals surface area contributed by atoms with Crippen molar-refractivity contribution in [1.82, 2.24) is 0 Å². The van der Waals surface area contributed by atoms with Gasteiger partial charge in [0.25, 0.3) is 0 Å². The Kier molecular flexibility index (Phi) is 4.84. The smallest absolute Gasteiger partial charge is 0.339 e. The molecule has 0 atom stereocenters. The molecule has 0 saturated carbocycles. The minimum atomic E-state index is -4.08. The molecule has 0 aromatic heterocycles. The number of nitrogens with two attached hydrogens (primary N) is 1.